The minimum absolute atomic E-state index is 0.230. The lowest BCUT2D eigenvalue weighted by Gasteiger charge is -2.04. The predicted octanol–water partition coefficient (Wildman–Crippen LogP) is 2.56. The Hall–Kier alpha value is -3.81. The summed E-state index contributed by atoms with van der Waals surface area (Å²) < 4.78 is 3.48. The van der Waals surface area contributed by atoms with Gasteiger partial charge in [-0.3, -0.25) is 4.79 Å². The van der Waals surface area contributed by atoms with Gasteiger partial charge < -0.3 is 5.32 Å². The fourth-order valence-electron chi connectivity index (χ4n) is 2.96. The first-order valence-electron chi connectivity index (χ1n) is 9.48. The number of carbonyl (C=O) groups excluding carboxylic acids is 1. The van der Waals surface area contributed by atoms with Gasteiger partial charge in [-0.15, -0.1) is 10.2 Å². The van der Waals surface area contributed by atoms with Gasteiger partial charge in [-0.25, -0.2) is 9.36 Å². The number of aromatic nitrogens is 6. The molecular weight excluding hydrogens is 366 g/mol. The maximum Gasteiger partial charge on any atom is 0.273 e. The Bertz CT molecular complexity index is 1110. The lowest BCUT2D eigenvalue weighted by molar-refractivity contribution is 0.0947. The number of nitrogens with one attached hydrogen (secondary N) is 1. The average Bonchev–Trinajstić information content (AvgIpc) is 3.39. The van der Waals surface area contributed by atoms with Crippen molar-refractivity contribution in [1.82, 2.24) is 35.3 Å². The molecule has 2 aromatic heterocycles. The molecule has 146 valence electrons. The first-order valence-corrected chi connectivity index (χ1v) is 9.48. The molecule has 4 rings (SSSR count). The highest BCUT2D eigenvalue weighted by molar-refractivity contribution is 5.91. The van der Waals surface area contributed by atoms with Crippen LogP contribution in [-0.4, -0.2) is 42.4 Å². The first-order chi connectivity index (χ1) is 14.3. The second-order valence-electron chi connectivity index (χ2n) is 6.55. The number of aryl methyl sites for hydroxylation is 1. The number of hydrogen-bond acceptors (Lipinski definition) is 5. The average molecular weight is 387 g/mol. The predicted molar refractivity (Wildman–Crippen MR) is 110 cm³/mol. The zero-order valence-corrected chi connectivity index (χ0v) is 15.8. The van der Waals surface area contributed by atoms with E-state index < -0.39 is 0 Å². The van der Waals surface area contributed by atoms with Crippen molar-refractivity contribution < 1.29 is 4.79 Å². The molecule has 2 aromatic carbocycles. The van der Waals surface area contributed by atoms with Gasteiger partial charge in [0.25, 0.3) is 5.91 Å². The molecular formula is C21H21N7O. The van der Waals surface area contributed by atoms with Crippen molar-refractivity contribution in [2.75, 3.05) is 6.54 Å². The second kappa shape index (κ2) is 8.92. The van der Waals surface area contributed by atoms with E-state index in [9.17, 15) is 4.79 Å². The zero-order chi connectivity index (χ0) is 19.9. The van der Waals surface area contributed by atoms with E-state index in [1.165, 1.54) is 0 Å². The molecule has 0 radical (unpaired) electrons. The van der Waals surface area contributed by atoms with Gasteiger partial charge in [0.15, 0.2) is 5.69 Å². The number of allylic oxidation sites excluding steroid dienone is 1. The molecule has 0 aliphatic rings. The number of fused-ring (bicyclic) bond motifs is 1. The smallest absolute Gasteiger partial charge is 0.273 e. The molecule has 0 saturated carbocycles. The second-order valence-corrected chi connectivity index (χ2v) is 6.55. The highest BCUT2D eigenvalue weighted by Gasteiger charge is 2.10. The SMILES string of the molecule is O=C(NCCCn1nnc2ccccc21)c1cn(C/C=C/c2ccccc2)nn1. The zero-order valence-electron chi connectivity index (χ0n) is 15.8. The Morgan fingerprint density at radius 2 is 1.83 bits per heavy atom. The van der Waals surface area contributed by atoms with Crippen LogP contribution in [0.1, 0.15) is 22.5 Å². The van der Waals surface area contributed by atoms with E-state index >= 15 is 0 Å². The molecule has 2 heterocycles. The first kappa shape index (κ1) is 18.5. The third-order valence-corrected chi connectivity index (χ3v) is 4.43. The maximum atomic E-state index is 12.2. The van der Waals surface area contributed by atoms with Crippen molar-refractivity contribution in [2.45, 2.75) is 19.5 Å². The fourth-order valence-corrected chi connectivity index (χ4v) is 2.96. The van der Waals surface area contributed by atoms with Crippen LogP contribution in [-0.2, 0) is 13.1 Å². The summed E-state index contributed by atoms with van der Waals surface area (Å²) in [6.07, 6.45) is 6.38. The largest absolute Gasteiger partial charge is 0.351 e. The lowest BCUT2D eigenvalue weighted by Crippen LogP contribution is -2.25. The van der Waals surface area contributed by atoms with Crippen molar-refractivity contribution in [3.63, 3.8) is 0 Å². The minimum atomic E-state index is -0.230. The monoisotopic (exact) mass is 387 g/mol. The Morgan fingerprint density at radius 3 is 2.72 bits per heavy atom. The highest BCUT2D eigenvalue weighted by Crippen LogP contribution is 2.09. The molecule has 29 heavy (non-hydrogen) atoms. The fraction of sp³-hybridized carbons (Fsp3) is 0.190. The van der Waals surface area contributed by atoms with Gasteiger partial charge in [-0.05, 0) is 24.1 Å². The quantitative estimate of drug-likeness (QED) is 0.469. The van der Waals surface area contributed by atoms with Gasteiger partial charge in [0, 0.05) is 13.1 Å². The summed E-state index contributed by atoms with van der Waals surface area (Å²) in [5, 5.41) is 19.1. The van der Waals surface area contributed by atoms with Gasteiger partial charge in [-0.2, -0.15) is 0 Å². The number of amides is 1. The maximum absolute atomic E-state index is 12.2. The molecule has 0 aliphatic carbocycles. The number of nitrogens with zero attached hydrogens (tertiary/aromatic N) is 6. The molecule has 0 saturated heterocycles. The Morgan fingerprint density at radius 1 is 1.00 bits per heavy atom. The molecule has 0 fully saturated rings. The Labute approximate surface area is 167 Å². The molecule has 0 atom stereocenters. The van der Waals surface area contributed by atoms with Crippen LogP contribution >= 0.6 is 0 Å². The Balaban J connectivity index is 1.23. The molecule has 0 bridgehead atoms. The molecule has 0 unspecified atom stereocenters. The van der Waals surface area contributed by atoms with Crippen molar-refractivity contribution >= 4 is 23.0 Å². The molecule has 8 heteroatoms. The number of benzene rings is 2. The topological polar surface area (TPSA) is 90.5 Å². The minimum Gasteiger partial charge on any atom is -0.351 e. The van der Waals surface area contributed by atoms with E-state index in [0.717, 1.165) is 23.0 Å². The van der Waals surface area contributed by atoms with Gasteiger partial charge in [0.1, 0.15) is 5.52 Å². The van der Waals surface area contributed by atoms with Crippen LogP contribution in [0.3, 0.4) is 0 Å². The summed E-state index contributed by atoms with van der Waals surface area (Å²) in [7, 11) is 0. The van der Waals surface area contributed by atoms with Crippen LogP contribution in [0.4, 0.5) is 0 Å². The van der Waals surface area contributed by atoms with Crippen molar-refractivity contribution in [3.8, 4) is 0 Å². The van der Waals surface area contributed by atoms with Gasteiger partial charge in [0.05, 0.1) is 18.3 Å². The van der Waals surface area contributed by atoms with E-state index in [1.54, 1.807) is 10.9 Å². The Kier molecular flexibility index (Phi) is 5.70. The summed E-state index contributed by atoms with van der Waals surface area (Å²) >= 11 is 0. The van der Waals surface area contributed by atoms with Crippen LogP contribution in [0.5, 0.6) is 0 Å². The van der Waals surface area contributed by atoms with Crippen LogP contribution in [0.15, 0.2) is 66.9 Å². The molecule has 1 amide bonds. The van der Waals surface area contributed by atoms with Crippen LogP contribution in [0, 0.1) is 0 Å². The van der Waals surface area contributed by atoms with E-state index in [2.05, 4.69) is 25.9 Å². The highest BCUT2D eigenvalue weighted by atomic mass is 16.2. The molecule has 1 N–H and O–H groups in total. The molecule has 4 aromatic rings. The van der Waals surface area contributed by atoms with Gasteiger partial charge in [-0.1, -0.05) is 65.0 Å². The van der Waals surface area contributed by atoms with Crippen molar-refractivity contribution in [2.24, 2.45) is 0 Å². The third kappa shape index (κ3) is 4.73. The normalized spacial score (nSPS) is 11.3. The summed E-state index contributed by atoms with van der Waals surface area (Å²) in [6.45, 7) is 1.75. The van der Waals surface area contributed by atoms with Gasteiger partial charge in [0.2, 0.25) is 0 Å². The van der Waals surface area contributed by atoms with Gasteiger partial charge >= 0.3 is 0 Å². The van der Waals surface area contributed by atoms with E-state index in [1.807, 2.05) is 71.4 Å². The van der Waals surface area contributed by atoms with E-state index in [0.29, 0.717) is 25.3 Å². The molecule has 8 nitrogen and oxygen atoms in total. The molecule has 0 spiro atoms. The van der Waals surface area contributed by atoms with E-state index in [-0.39, 0.29) is 5.91 Å². The summed E-state index contributed by atoms with van der Waals surface area (Å²) in [4.78, 5) is 12.2. The number of carbonyl (C=O) groups is 1. The number of rotatable bonds is 8. The summed E-state index contributed by atoms with van der Waals surface area (Å²) in [6, 6.07) is 17.8. The van der Waals surface area contributed by atoms with E-state index in [4.69, 9.17) is 0 Å². The van der Waals surface area contributed by atoms with Crippen molar-refractivity contribution in [3.05, 3.63) is 78.1 Å². The van der Waals surface area contributed by atoms with Crippen LogP contribution in [0.25, 0.3) is 17.1 Å². The van der Waals surface area contributed by atoms with Crippen LogP contribution in [0.2, 0.25) is 0 Å². The standard InChI is InChI=1S/C21H21N7O/c29-21(22-13-7-15-28-20-12-5-4-11-18(20)23-26-28)19-16-27(25-24-19)14-6-10-17-8-2-1-3-9-17/h1-6,8-12,16H,7,13-15H2,(H,22,29)/b10-6+. The molecule has 0 aliphatic heterocycles. The van der Waals surface area contributed by atoms with Crippen LogP contribution < -0.4 is 5.32 Å². The number of para-hydroxylation sites is 1. The summed E-state index contributed by atoms with van der Waals surface area (Å²) in [5.41, 5.74) is 3.29. The third-order valence-electron chi connectivity index (χ3n) is 4.43. The lowest BCUT2D eigenvalue weighted by atomic mass is 10.2. The summed E-state index contributed by atoms with van der Waals surface area (Å²) in [5.74, 6) is -0.230. The number of hydrogen-bond donors (Lipinski definition) is 1. The van der Waals surface area contributed by atoms with Crippen molar-refractivity contribution in [1.29, 1.82) is 0 Å².